The molecule has 1 saturated carbocycles. The normalized spacial score (nSPS) is 17.4. The number of hydrogen-bond acceptors (Lipinski definition) is 2. The first-order valence-electron chi connectivity index (χ1n) is 6.75. The first kappa shape index (κ1) is 12.6. The molecule has 0 saturated heterocycles. The fourth-order valence-electron chi connectivity index (χ4n) is 2.36. The van der Waals surface area contributed by atoms with E-state index in [2.05, 4.69) is 47.5 Å². The van der Waals surface area contributed by atoms with Gasteiger partial charge in [0, 0.05) is 18.6 Å². The Bertz CT molecular complexity index is 319. The van der Waals surface area contributed by atoms with Crippen molar-refractivity contribution < 1.29 is 0 Å². The predicted octanol–water partition coefficient (Wildman–Crippen LogP) is 2.65. The second kappa shape index (κ2) is 6.18. The van der Waals surface area contributed by atoms with Crippen LogP contribution in [0.5, 0.6) is 0 Å². The zero-order valence-corrected chi connectivity index (χ0v) is 11.0. The van der Waals surface area contributed by atoms with Crippen LogP contribution in [0.1, 0.15) is 31.7 Å². The molecule has 1 unspecified atom stereocenters. The van der Waals surface area contributed by atoms with Gasteiger partial charge < -0.3 is 5.32 Å². The summed E-state index contributed by atoms with van der Waals surface area (Å²) in [6.45, 7) is 4.58. The van der Waals surface area contributed by atoms with Crippen molar-refractivity contribution in [3.05, 3.63) is 35.9 Å². The Balaban J connectivity index is 1.93. The Labute approximate surface area is 105 Å². The van der Waals surface area contributed by atoms with E-state index in [1.54, 1.807) is 0 Å². The third kappa shape index (κ3) is 3.83. The van der Waals surface area contributed by atoms with Crippen LogP contribution in [0, 0.1) is 0 Å². The summed E-state index contributed by atoms with van der Waals surface area (Å²) >= 11 is 0. The van der Waals surface area contributed by atoms with Crippen molar-refractivity contribution in [2.75, 3.05) is 13.6 Å². The van der Waals surface area contributed by atoms with Crippen LogP contribution in [-0.2, 0) is 6.54 Å². The summed E-state index contributed by atoms with van der Waals surface area (Å²) in [5.74, 6) is 0. The molecule has 1 N–H and O–H groups in total. The lowest BCUT2D eigenvalue weighted by atomic mass is 10.1. The molecule has 0 radical (unpaired) electrons. The minimum absolute atomic E-state index is 0.676. The van der Waals surface area contributed by atoms with E-state index in [1.807, 2.05) is 7.05 Å². The Morgan fingerprint density at radius 1 is 1.29 bits per heavy atom. The van der Waals surface area contributed by atoms with Gasteiger partial charge in [0.25, 0.3) is 0 Å². The monoisotopic (exact) mass is 232 g/mol. The zero-order chi connectivity index (χ0) is 12.1. The summed E-state index contributed by atoms with van der Waals surface area (Å²) in [6.07, 6.45) is 4.01. The third-order valence-electron chi connectivity index (χ3n) is 3.60. The number of rotatable bonds is 7. The van der Waals surface area contributed by atoms with Gasteiger partial charge >= 0.3 is 0 Å². The number of nitrogens with one attached hydrogen (secondary N) is 1. The standard InChI is InChI=1S/C15H24N2/c1-13(10-11-16-2)17(15-8-9-15)12-14-6-4-3-5-7-14/h3-7,13,15-16H,8-12H2,1-2H3. The van der Waals surface area contributed by atoms with Gasteiger partial charge in [-0.25, -0.2) is 0 Å². The maximum atomic E-state index is 3.25. The molecule has 1 aromatic rings. The quantitative estimate of drug-likeness (QED) is 0.777. The number of benzene rings is 1. The van der Waals surface area contributed by atoms with Crippen LogP contribution in [0.25, 0.3) is 0 Å². The fraction of sp³-hybridized carbons (Fsp3) is 0.600. The molecule has 2 rings (SSSR count). The molecule has 0 amide bonds. The second-order valence-corrected chi connectivity index (χ2v) is 5.13. The number of nitrogens with zero attached hydrogens (tertiary/aromatic N) is 1. The van der Waals surface area contributed by atoms with Crippen LogP contribution in [0.4, 0.5) is 0 Å². The minimum atomic E-state index is 0.676. The Morgan fingerprint density at radius 2 is 2.00 bits per heavy atom. The fourth-order valence-corrected chi connectivity index (χ4v) is 2.36. The molecular formula is C15H24N2. The van der Waals surface area contributed by atoms with Crippen molar-refractivity contribution in [1.29, 1.82) is 0 Å². The van der Waals surface area contributed by atoms with Crippen LogP contribution < -0.4 is 5.32 Å². The largest absolute Gasteiger partial charge is 0.320 e. The van der Waals surface area contributed by atoms with Gasteiger partial charge in [0.2, 0.25) is 0 Å². The molecule has 1 aromatic carbocycles. The average Bonchev–Trinajstić information content (AvgIpc) is 3.18. The molecule has 17 heavy (non-hydrogen) atoms. The molecule has 0 spiro atoms. The summed E-state index contributed by atoms with van der Waals surface area (Å²) in [4.78, 5) is 2.67. The highest BCUT2D eigenvalue weighted by Gasteiger charge is 2.31. The summed E-state index contributed by atoms with van der Waals surface area (Å²) in [5, 5.41) is 3.25. The first-order valence-corrected chi connectivity index (χ1v) is 6.75. The van der Waals surface area contributed by atoms with E-state index in [0.717, 1.165) is 19.1 Å². The van der Waals surface area contributed by atoms with Gasteiger partial charge in [-0.15, -0.1) is 0 Å². The van der Waals surface area contributed by atoms with Crippen molar-refractivity contribution in [3.63, 3.8) is 0 Å². The van der Waals surface area contributed by atoms with Crippen LogP contribution >= 0.6 is 0 Å². The minimum Gasteiger partial charge on any atom is -0.320 e. The molecule has 1 fully saturated rings. The lowest BCUT2D eigenvalue weighted by molar-refractivity contribution is 0.180. The van der Waals surface area contributed by atoms with Crippen molar-refractivity contribution in [2.24, 2.45) is 0 Å². The smallest absolute Gasteiger partial charge is 0.0239 e. The van der Waals surface area contributed by atoms with Crippen LogP contribution in [0.3, 0.4) is 0 Å². The van der Waals surface area contributed by atoms with E-state index in [9.17, 15) is 0 Å². The summed E-state index contributed by atoms with van der Waals surface area (Å²) < 4.78 is 0. The topological polar surface area (TPSA) is 15.3 Å². The van der Waals surface area contributed by atoms with Crippen molar-refractivity contribution >= 4 is 0 Å². The summed E-state index contributed by atoms with van der Waals surface area (Å²) in [5.41, 5.74) is 1.44. The highest BCUT2D eigenvalue weighted by atomic mass is 15.2. The lowest BCUT2D eigenvalue weighted by Gasteiger charge is -2.29. The van der Waals surface area contributed by atoms with Crippen molar-refractivity contribution in [1.82, 2.24) is 10.2 Å². The number of hydrogen-bond donors (Lipinski definition) is 1. The van der Waals surface area contributed by atoms with Gasteiger partial charge in [-0.3, -0.25) is 4.90 Å². The molecule has 1 aliphatic carbocycles. The first-order chi connectivity index (χ1) is 8.31. The predicted molar refractivity (Wildman–Crippen MR) is 73.0 cm³/mol. The summed E-state index contributed by atoms with van der Waals surface area (Å²) in [6, 6.07) is 12.4. The van der Waals surface area contributed by atoms with Crippen LogP contribution in [-0.4, -0.2) is 30.6 Å². The average molecular weight is 232 g/mol. The van der Waals surface area contributed by atoms with E-state index in [-0.39, 0.29) is 0 Å². The van der Waals surface area contributed by atoms with E-state index in [1.165, 1.54) is 24.8 Å². The van der Waals surface area contributed by atoms with Crippen LogP contribution in [0.2, 0.25) is 0 Å². The van der Waals surface area contributed by atoms with Crippen LogP contribution in [0.15, 0.2) is 30.3 Å². The maximum absolute atomic E-state index is 3.25. The molecular weight excluding hydrogens is 208 g/mol. The Hall–Kier alpha value is -0.860. The van der Waals surface area contributed by atoms with Crippen molar-refractivity contribution in [2.45, 2.75) is 44.8 Å². The van der Waals surface area contributed by atoms with Gasteiger partial charge in [0.15, 0.2) is 0 Å². The molecule has 1 atom stereocenters. The molecule has 2 heteroatoms. The highest BCUT2D eigenvalue weighted by Crippen LogP contribution is 2.30. The Morgan fingerprint density at radius 3 is 2.59 bits per heavy atom. The molecule has 0 bridgehead atoms. The summed E-state index contributed by atoms with van der Waals surface area (Å²) in [7, 11) is 2.03. The molecule has 2 nitrogen and oxygen atoms in total. The van der Waals surface area contributed by atoms with E-state index in [0.29, 0.717) is 6.04 Å². The zero-order valence-electron chi connectivity index (χ0n) is 11.0. The molecule has 0 aromatic heterocycles. The van der Waals surface area contributed by atoms with E-state index < -0.39 is 0 Å². The van der Waals surface area contributed by atoms with Crippen molar-refractivity contribution in [3.8, 4) is 0 Å². The van der Waals surface area contributed by atoms with Gasteiger partial charge in [0.1, 0.15) is 0 Å². The van der Waals surface area contributed by atoms with Gasteiger partial charge in [0.05, 0.1) is 0 Å². The van der Waals surface area contributed by atoms with Gasteiger partial charge in [-0.2, -0.15) is 0 Å². The van der Waals surface area contributed by atoms with E-state index >= 15 is 0 Å². The second-order valence-electron chi connectivity index (χ2n) is 5.13. The Kier molecular flexibility index (Phi) is 4.57. The van der Waals surface area contributed by atoms with Gasteiger partial charge in [-0.1, -0.05) is 30.3 Å². The maximum Gasteiger partial charge on any atom is 0.0239 e. The molecule has 0 heterocycles. The molecule has 1 aliphatic rings. The molecule has 0 aliphatic heterocycles. The highest BCUT2D eigenvalue weighted by molar-refractivity contribution is 5.15. The molecule has 94 valence electrons. The lowest BCUT2D eigenvalue weighted by Crippen LogP contribution is -2.36. The van der Waals surface area contributed by atoms with E-state index in [4.69, 9.17) is 0 Å². The SMILES string of the molecule is CNCCC(C)N(Cc1ccccc1)C1CC1. The third-order valence-corrected chi connectivity index (χ3v) is 3.60. The van der Waals surface area contributed by atoms with Gasteiger partial charge in [-0.05, 0) is 45.3 Å².